The van der Waals surface area contributed by atoms with Crippen molar-refractivity contribution in [3.8, 4) is 10.7 Å². The van der Waals surface area contributed by atoms with Crippen molar-refractivity contribution < 1.29 is 9.53 Å². The van der Waals surface area contributed by atoms with E-state index in [2.05, 4.69) is 9.97 Å². The SMILES string of the molecule is CCOC(=O)Cc1csc(-c2csc(C)n2)n1. The highest BCUT2D eigenvalue weighted by molar-refractivity contribution is 7.14. The van der Waals surface area contributed by atoms with Crippen LogP contribution in [-0.2, 0) is 16.0 Å². The average Bonchev–Trinajstić information content (AvgIpc) is 2.87. The number of hydrogen-bond acceptors (Lipinski definition) is 6. The van der Waals surface area contributed by atoms with Crippen LogP contribution in [0.3, 0.4) is 0 Å². The molecule has 0 saturated carbocycles. The maximum atomic E-state index is 11.3. The minimum Gasteiger partial charge on any atom is -0.466 e. The quantitative estimate of drug-likeness (QED) is 0.800. The molecule has 2 aromatic heterocycles. The molecule has 6 heteroatoms. The molecule has 4 nitrogen and oxygen atoms in total. The lowest BCUT2D eigenvalue weighted by molar-refractivity contribution is -0.142. The summed E-state index contributed by atoms with van der Waals surface area (Å²) >= 11 is 3.10. The van der Waals surface area contributed by atoms with Gasteiger partial charge in [0.1, 0.15) is 10.7 Å². The molecule has 0 unspecified atom stereocenters. The van der Waals surface area contributed by atoms with Gasteiger partial charge in [-0.1, -0.05) is 0 Å². The summed E-state index contributed by atoms with van der Waals surface area (Å²) in [6.45, 7) is 4.16. The van der Waals surface area contributed by atoms with Crippen molar-refractivity contribution in [1.82, 2.24) is 9.97 Å². The van der Waals surface area contributed by atoms with E-state index < -0.39 is 0 Å². The van der Waals surface area contributed by atoms with Crippen LogP contribution < -0.4 is 0 Å². The lowest BCUT2D eigenvalue weighted by Crippen LogP contribution is -2.07. The topological polar surface area (TPSA) is 52.1 Å². The number of thiazole rings is 2. The van der Waals surface area contributed by atoms with Crippen LogP contribution in [-0.4, -0.2) is 22.5 Å². The van der Waals surface area contributed by atoms with Crippen LogP contribution in [0.4, 0.5) is 0 Å². The zero-order valence-electron chi connectivity index (χ0n) is 9.60. The van der Waals surface area contributed by atoms with E-state index in [1.165, 1.54) is 11.3 Å². The molecule has 2 aromatic rings. The standard InChI is InChI=1S/C11H12N2O2S2/c1-3-15-10(14)4-8-5-17-11(13-8)9-6-16-7(2)12-9/h5-6H,3-4H2,1-2H3. The Kier molecular flexibility index (Phi) is 3.86. The fourth-order valence-electron chi connectivity index (χ4n) is 1.33. The van der Waals surface area contributed by atoms with Gasteiger partial charge in [0.2, 0.25) is 0 Å². The van der Waals surface area contributed by atoms with E-state index in [0.29, 0.717) is 6.61 Å². The Balaban J connectivity index is 2.08. The highest BCUT2D eigenvalue weighted by atomic mass is 32.1. The van der Waals surface area contributed by atoms with Crippen molar-refractivity contribution in [2.75, 3.05) is 6.61 Å². The molecule has 0 fully saturated rings. The average molecular weight is 268 g/mol. The van der Waals surface area contributed by atoms with Gasteiger partial charge in [0.05, 0.1) is 23.7 Å². The first kappa shape index (κ1) is 12.2. The Hall–Kier alpha value is -1.27. The number of nitrogens with zero attached hydrogens (tertiary/aromatic N) is 2. The fourth-order valence-corrected chi connectivity index (χ4v) is 2.78. The highest BCUT2D eigenvalue weighted by Gasteiger charge is 2.11. The second-order valence-electron chi connectivity index (χ2n) is 3.38. The second-order valence-corrected chi connectivity index (χ2v) is 5.30. The minimum absolute atomic E-state index is 0.230. The molecule has 90 valence electrons. The van der Waals surface area contributed by atoms with Crippen LogP contribution in [0.5, 0.6) is 0 Å². The summed E-state index contributed by atoms with van der Waals surface area (Å²) in [4.78, 5) is 20.0. The molecule has 17 heavy (non-hydrogen) atoms. The Morgan fingerprint density at radius 2 is 2.18 bits per heavy atom. The summed E-state index contributed by atoms with van der Waals surface area (Å²) < 4.78 is 4.88. The summed E-state index contributed by atoms with van der Waals surface area (Å²) in [5, 5.41) is 5.72. The zero-order valence-corrected chi connectivity index (χ0v) is 11.2. The zero-order chi connectivity index (χ0) is 12.3. The van der Waals surface area contributed by atoms with Crippen LogP contribution >= 0.6 is 22.7 Å². The van der Waals surface area contributed by atoms with Crippen molar-refractivity contribution in [3.05, 3.63) is 21.5 Å². The molecule has 0 radical (unpaired) electrons. The van der Waals surface area contributed by atoms with Crippen molar-refractivity contribution in [2.45, 2.75) is 20.3 Å². The summed E-state index contributed by atoms with van der Waals surface area (Å²) in [6, 6.07) is 0. The number of carbonyl (C=O) groups excluding carboxylic acids is 1. The number of carbonyl (C=O) groups is 1. The molecule has 0 aliphatic rings. The third-order valence-corrected chi connectivity index (χ3v) is 3.71. The lowest BCUT2D eigenvalue weighted by atomic mass is 10.3. The van der Waals surface area contributed by atoms with E-state index in [9.17, 15) is 4.79 Å². The van der Waals surface area contributed by atoms with Crippen molar-refractivity contribution >= 4 is 28.6 Å². The Bertz CT molecular complexity index is 519. The monoisotopic (exact) mass is 268 g/mol. The van der Waals surface area contributed by atoms with E-state index in [0.717, 1.165) is 21.4 Å². The van der Waals surface area contributed by atoms with Gasteiger partial charge in [-0.3, -0.25) is 4.79 Å². The third kappa shape index (κ3) is 3.10. The molecule has 2 heterocycles. The van der Waals surface area contributed by atoms with Gasteiger partial charge in [0, 0.05) is 10.8 Å². The molecule has 0 atom stereocenters. The summed E-state index contributed by atoms with van der Waals surface area (Å²) in [7, 11) is 0. The Morgan fingerprint density at radius 1 is 1.35 bits per heavy atom. The van der Waals surface area contributed by atoms with E-state index in [1.807, 2.05) is 17.7 Å². The second kappa shape index (κ2) is 5.37. The molecule has 0 aromatic carbocycles. The molecule has 0 aliphatic carbocycles. The van der Waals surface area contributed by atoms with Gasteiger partial charge in [-0.25, -0.2) is 9.97 Å². The Morgan fingerprint density at radius 3 is 2.82 bits per heavy atom. The minimum atomic E-state index is -0.237. The molecule has 0 N–H and O–H groups in total. The van der Waals surface area contributed by atoms with Crippen LogP contribution in [0.1, 0.15) is 17.6 Å². The molecular weight excluding hydrogens is 256 g/mol. The molecule has 0 saturated heterocycles. The van der Waals surface area contributed by atoms with Crippen molar-refractivity contribution in [3.63, 3.8) is 0 Å². The number of ether oxygens (including phenoxy) is 1. The first-order valence-electron chi connectivity index (χ1n) is 5.21. The number of esters is 1. The highest BCUT2D eigenvalue weighted by Crippen LogP contribution is 2.25. The van der Waals surface area contributed by atoms with Gasteiger partial charge in [0.15, 0.2) is 0 Å². The molecular formula is C11H12N2O2S2. The molecule has 0 spiro atoms. The van der Waals surface area contributed by atoms with Gasteiger partial charge in [-0.15, -0.1) is 22.7 Å². The smallest absolute Gasteiger partial charge is 0.311 e. The predicted octanol–water partition coefficient (Wildman–Crippen LogP) is 2.68. The van der Waals surface area contributed by atoms with Gasteiger partial charge in [-0.2, -0.15) is 0 Å². The maximum absolute atomic E-state index is 11.3. The van der Waals surface area contributed by atoms with Gasteiger partial charge in [-0.05, 0) is 13.8 Å². The Labute approximate surface area is 107 Å². The van der Waals surface area contributed by atoms with Gasteiger partial charge in [0.25, 0.3) is 0 Å². The van der Waals surface area contributed by atoms with Crippen LogP contribution in [0.15, 0.2) is 10.8 Å². The lowest BCUT2D eigenvalue weighted by Gasteiger charge is -1.97. The molecule has 0 amide bonds. The first-order chi connectivity index (χ1) is 8.19. The third-order valence-electron chi connectivity index (χ3n) is 2.02. The fraction of sp³-hybridized carbons (Fsp3) is 0.364. The normalized spacial score (nSPS) is 10.5. The van der Waals surface area contributed by atoms with Crippen LogP contribution in [0.25, 0.3) is 10.7 Å². The van der Waals surface area contributed by atoms with Gasteiger partial charge < -0.3 is 4.74 Å². The van der Waals surface area contributed by atoms with Crippen molar-refractivity contribution in [1.29, 1.82) is 0 Å². The predicted molar refractivity (Wildman–Crippen MR) is 68.3 cm³/mol. The molecule has 0 aliphatic heterocycles. The largest absolute Gasteiger partial charge is 0.466 e. The van der Waals surface area contributed by atoms with E-state index >= 15 is 0 Å². The number of aryl methyl sites for hydroxylation is 1. The number of rotatable bonds is 4. The molecule has 0 bridgehead atoms. The molecule has 2 rings (SSSR count). The summed E-state index contributed by atoms with van der Waals surface area (Å²) in [5.41, 5.74) is 1.63. The van der Waals surface area contributed by atoms with Gasteiger partial charge >= 0.3 is 5.97 Å². The number of aromatic nitrogens is 2. The number of hydrogen-bond donors (Lipinski definition) is 0. The first-order valence-corrected chi connectivity index (χ1v) is 6.97. The van der Waals surface area contributed by atoms with Crippen molar-refractivity contribution in [2.24, 2.45) is 0 Å². The summed E-state index contributed by atoms with van der Waals surface area (Å²) in [5.74, 6) is -0.237. The van der Waals surface area contributed by atoms with E-state index in [1.54, 1.807) is 18.3 Å². The van der Waals surface area contributed by atoms with E-state index in [-0.39, 0.29) is 12.4 Å². The maximum Gasteiger partial charge on any atom is 0.311 e. The van der Waals surface area contributed by atoms with Crippen LogP contribution in [0.2, 0.25) is 0 Å². The summed E-state index contributed by atoms with van der Waals surface area (Å²) in [6.07, 6.45) is 0.230. The van der Waals surface area contributed by atoms with Crippen LogP contribution in [0, 0.1) is 6.92 Å². The van der Waals surface area contributed by atoms with E-state index in [4.69, 9.17) is 4.74 Å².